The van der Waals surface area contributed by atoms with Gasteiger partial charge in [0.05, 0.1) is 12.1 Å². The van der Waals surface area contributed by atoms with Gasteiger partial charge in [-0.3, -0.25) is 19.3 Å². The molecule has 0 radical (unpaired) electrons. The van der Waals surface area contributed by atoms with Gasteiger partial charge in [-0.15, -0.1) is 0 Å². The first-order valence-corrected chi connectivity index (χ1v) is 8.25. The standard InChI is InChI=1S/C19H19N5O2/c25-18(21-9-10-22-19(26)17-6-2-7-20-13-17)16-5-1-4-15(12-16)14-24-11-3-8-23-24/h1-8,11-13H,9-10,14H2,(H,21,25)(H,22,26). The number of nitrogens with zero attached hydrogens (tertiary/aromatic N) is 3. The van der Waals surface area contributed by atoms with E-state index in [1.165, 1.54) is 6.20 Å². The average Bonchev–Trinajstić information content (AvgIpc) is 3.19. The van der Waals surface area contributed by atoms with E-state index < -0.39 is 0 Å². The number of aromatic nitrogens is 3. The van der Waals surface area contributed by atoms with E-state index >= 15 is 0 Å². The summed E-state index contributed by atoms with van der Waals surface area (Å²) in [6.45, 7) is 1.29. The fourth-order valence-corrected chi connectivity index (χ4v) is 2.45. The molecule has 7 heteroatoms. The van der Waals surface area contributed by atoms with Crippen molar-refractivity contribution in [1.82, 2.24) is 25.4 Å². The van der Waals surface area contributed by atoms with Crippen LogP contribution in [0, 0.1) is 0 Å². The summed E-state index contributed by atoms with van der Waals surface area (Å²) in [4.78, 5) is 28.0. The van der Waals surface area contributed by atoms with Crippen molar-refractivity contribution in [3.8, 4) is 0 Å². The predicted octanol–water partition coefficient (Wildman–Crippen LogP) is 1.49. The van der Waals surface area contributed by atoms with Gasteiger partial charge in [-0.25, -0.2) is 0 Å². The molecule has 0 fully saturated rings. The minimum atomic E-state index is -0.214. The molecule has 0 saturated heterocycles. The second-order valence-corrected chi connectivity index (χ2v) is 5.66. The lowest BCUT2D eigenvalue weighted by atomic mass is 10.1. The fourth-order valence-electron chi connectivity index (χ4n) is 2.45. The van der Waals surface area contributed by atoms with Crippen molar-refractivity contribution in [2.45, 2.75) is 6.54 Å². The molecule has 0 aliphatic heterocycles. The van der Waals surface area contributed by atoms with E-state index in [1.807, 2.05) is 30.5 Å². The van der Waals surface area contributed by atoms with E-state index in [0.717, 1.165) is 5.56 Å². The molecule has 26 heavy (non-hydrogen) atoms. The molecule has 7 nitrogen and oxygen atoms in total. The molecule has 132 valence electrons. The third kappa shape index (κ3) is 4.76. The molecule has 0 aliphatic rings. The highest BCUT2D eigenvalue weighted by molar-refractivity contribution is 5.95. The van der Waals surface area contributed by atoms with Gasteiger partial charge in [0.15, 0.2) is 0 Å². The zero-order chi connectivity index (χ0) is 18.2. The maximum atomic E-state index is 12.3. The molecule has 2 aromatic heterocycles. The van der Waals surface area contributed by atoms with Crippen molar-refractivity contribution in [1.29, 1.82) is 0 Å². The third-order valence-electron chi connectivity index (χ3n) is 3.71. The third-order valence-corrected chi connectivity index (χ3v) is 3.71. The van der Waals surface area contributed by atoms with Crippen LogP contribution in [0.15, 0.2) is 67.3 Å². The highest BCUT2D eigenvalue weighted by atomic mass is 16.2. The first-order valence-electron chi connectivity index (χ1n) is 8.25. The van der Waals surface area contributed by atoms with E-state index in [-0.39, 0.29) is 11.8 Å². The Hall–Kier alpha value is -3.48. The molecule has 3 rings (SSSR count). The lowest BCUT2D eigenvalue weighted by Gasteiger charge is -2.08. The number of pyridine rings is 1. The Morgan fingerprint density at radius 1 is 0.923 bits per heavy atom. The maximum Gasteiger partial charge on any atom is 0.252 e. The van der Waals surface area contributed by atoms with Crippen molar-refractivity contribution >= 4 is 11.8 Å². The summed E-state index contributed by atoms with van der Waals surface area (Å²) >= 11 is 0. The fraction of sp³-hybridized carbons (Fsp3) is 0.158. The second-order valence-electron chi connectivity index (χ2n) is 5.66. The predicted molar refractivity (Wildman–Crippen MR) is 96.7 cm³/mol. The SMILES string of the molecule is O=C(NCCNC(=O)c1cccc(Cn2cccn2)c1)c1cccnc1. The van der Waals surface area contributed by atoms with E-state index in [2.05, 4.69) is 20.7 Å². The average molecular weight is 349 g/mol. The zero-order valence-electron chi connectivity index (χ0n) is 14.1. The van der Waals surface area contributed by atoms with Crippen LogP contribution in [-0.4, -0.2) is 39.7 Å². The smallest absolute Gasteiger partial charge is 0.252 e. The van der Waals surface area contributed by atoms with Gasteiger partial charge < -0.3 is 10.6 Å². The summed E-state index contributed by atoms with van der Waals surface area (Å²) in [6, 6.07) is 12.6. The van der Waals surface area contributed by atoms with Gasteiger partial charge in [0.2, 0.25) is 0 Å². The summed E-state index contributed by atoms with van der Waals surface area (Å²) < 4.78 is 1.80. The summed E-state index contributed by atoms with van der Waals surface area (Å²) in [7, 11) is 0. The van der Waals surface area contributed by atoms with Crippen molar-refractivity contribution in [2.24, 2.45) is 0 Å². The van der Waals surface area contributed by atoms with E-state index in [1.54, 1.807) is 35.3 Å². The van der Waals surface area contributed by atoms with Crippen LogP contribution in [0.5, 0.6) is 0 Å². The molecule has 3 aromatic rings. The normalized spacial score (nSPS) is 10.3. The van der Waals surface area contributed by atoms with Crippen molar-refractivity contribution in [3.05, 3.63) is 83.9 Å². The summed E-state index contributed by atoms with van der Waals surface area (Å²) in [5.74, 6) is -0.392. The van der Waals surface area contributed by atoms with Crippen molar-refractivity contribution in [2.75, 3.05) is 13.1 Å². The minimum absolute atomic E-state index is 0.178. The van der Waals surface area contributed by atoms with Gasteiger partial charge in [0.25, 0.3) is 11.8 Å². The summed E-state index contributed by atoms with van der Waals surface area (Å²) in [5.41, 5.74) is 2.06. The number of rotatable bonds is 7. The molecule has 1 aromatic carbocycles. The van der Waals surface area contributed by atoms with Gasteiger partial charge in [-0.05, 0) is 35.9 Å². The van der Waals surface area contributed by atoms with Crippen molar-refractivity contribution < 1.29 is 9.59 Å². The van der Waals surface area contributed by atoms with Gasteiger partial charge in [-0.1, -0.05) is 12.1 Å². The first kappa shape index (κ1) is 17.3. The Balaban J connectivity index is 1.47. The topological polar surface area (TPSA) is 88.9 Å². The Morgan fingerprint density at radius 2 is 1.69 bits per heavy atom. The largest absolute Gasteiger partial charge is 0.350 e. The van der Waals surface area contributed by atoms with Crippen LogP contribution in [0.3, 0.4) is 0 Å². The quantitative estimate of drug-likeness (QED) is 0.633. The Bertz CT molecular complexity index is 863. The van der Waals surface area contributed by atoms with Crippen LogP contribution >= 0.6 is 0 Å². The molecule has 0 bridgehead atoms. The molecule has 2 heterocycles. The molecule has 0 unspecified atom stereocenters. The van der Waals surface area contributed by atoms with Crippen LogP contribution in [0.25, 0.3) is 0 Å². The number of hydrogen-bond acceptors (Lipinski definition) is 4. The van der Waals surface area contributed by atoms with Gasteiger partial charge in [0.1, 0.15) is 0 Å². The summed E-state index contributed by atoms with van der Waals surface area (Å²) in [6.07, 6.45) is 6.70. The number of amides is 2. The molecular weight excluding hydrogens is 330 g/mol. The number of carbonyl (C=O) groups is 2. The monoisotopic (exact) mass is 349 g/mol. The molecule has 2 N–H and O–H groups in total. The van der Waals surface area contributed by atoms with Crippen LogP contribution in [0.1, 0.15) is 26.3 Å². The molecule has 0 spiro atoms. The van der Waals surface area contributed by atoms with E-state index in [4.69, 9.17) is 0 Å². The maximum absolute atomic E-state index is 12.3. The molecule has 0 saturated carbocycles. The number of benzene rings is 1. The number of hydrogen-bond donors (Lipinski definition) is 2. The van der Waals surface area contributed by atoms with Crippen LogP contribution < -0.4 is 10.6 Å². The van der Waals surface area contributed by atoms with Gasteiger partial charge in [-0.2, -0.15) is 5.10 Å². The number of nitrogens with one attached hydrogen (secondary N) is 2. The second kappa shape index (κ2) is 8.57. The Morgan fingerprint density at radius 3 is 2.38 bits per heavy atom. The van der Waals surface area contributed by atoms with Crippen LogP contribution in [0.2, 0.25) is 0 Å². The van der Waals surface area contributed by atoms with Crippen molar-refractivity contribution in [3.63, 3.8) is 0 Å². The Kier molecular flexibility index (Phi) is 5.72. The molecular formula is C19H19N5O2. The zero-order valence-corrected chi connectivity index (χ0v) is 14.1. The highest BCUT2D eigenvalue weighted by Crippen LogP contribution is 2.07. The minimum Gasteiger partial charge on any atom is -0.350 e. The number of carbonyl (C=O) groups excluding carboxylic acids is 2. The summed E-state index contributed by atoms with van der Waals surface area (Å²) in [5, 5.41) is 9.70. The lowest BCUT2D eigenvalue weighted by molar-refractivity contribution is 0.0927. The van der Waals surface area contributed by atoms with Gasteiger partial charge in [0, 0.05) is 43.4 Å². The van der Waals surface area contributed by atoms with Crippen LogP contribution in [0.4, 0.5) is 0 Å². The van der Waals surface area contributed by atoms with E-state index in [9.17, 15) is 9.59 Å². The Labute approximate surface area is 151 Å². The van der Waals surface area contributed by atoms with E-state index in [0.29, 0.717) is 30.8 Å². The van der Waals surface area contributed by atoms with Gasteiger partial charge >= 0.3 is 0 Å². The highest BCUT2D eigenvalue weighted by Gasteiger charge is 2.07. The lowest BCUT2D eigenvalue weighted by Crippen LogP contribution is -2.34. The molecule has 2 amide bonds. The molecule has 0 aliphatic carbocycles. The molecule has 0 atom stereocenters. The first-order chi connectivity index (χ1) is 12.7. The van der Waals surface area contributed by atoms with Crippen LogP contribution in [-0.2, 0) is 6.54 Å².